The molecular weight excluding hydrogens is 592 g/mol. The summed E-state index contributed by atoms with van der Waals surface area (Å²) in [5.41, 5.74) is 1.37. The number of benzene rings is 2. The van der Waals surface area contributed by atoms with Crippen LogP contribution in [0.2, 0.25) is 0 Å². The third-order valence-corrected chi connectivity index (χ3v) is 7.40. The van der Waals surface area contributed by atoms with E-state index >= 15 is 0 Å². The smallest absolute Gasteiger partial charge is 0.343 e. The van der Waals surface area contributed by atoms with Gasteiger partial charge in [-0.1, -0.05) is 23.5 Å². The highest BCUT2D eigenvalue weighted by Crippen LogP contribution is 2.36. The molecule has 3 aromatic rings. The van der Waals surface area contributed by atoms with Gasteiger partial charge in [-0.25, -0.2) is 14.6 Å². The van der Waals surface area contributed by atoms with Crippen LogP contribution >= 0.6 is 11.3 Å². The third-order valence-electron chi connectivity index (χ3n) is 6.41. The summed E-state index contributed by atoms with van der Waals surface area (Å²) >= 11 is 1.15. The quantitative estimate of drug-likeness (QED) is 0.231. The lowest BCUT2D eigenvalue weighted by molar-refractivity contribution is -0.143. The predicted octanol–water partition coefficient (Wildman–Crippen LogP) is 2.68. The molecule has 0 spiro atoms. The Kier molecular flexibility index (Phi) is 10.2. The van der Waals surface area contributed by atoms with Gasteiger partial charge in [0.2, 0.25) is 0 Å². The van der Waals surface area contributed by atoms with Gasteiger partial charge in [0, 0.05) is 6.92 Å². The molecular formula is C31H32N2O10S. The van der Waals surface area contributed by atoms with E-state index in [1.54, 1.807) is 63.2 Å². The zero-order valence-corrected chi connectivity index (χ0v) is 25.9. The minimum absolute atomic E-state index is 0.127. The van der Waals surface area contributed by atoms with E-state index in [1.807, 2.05) is 0 Å². The molecule has 12 nitrogen and oxygen atoms in total. The Bertz CT molecular complexity index is 1800. The molecule has 13 heteroatoms. The minimum atomic E-state index is -0.901. The zero-order valence-electron chi connectivity index (χ0n) is 25.1. The lowest BCUT2D eigenvalue weighted by Gasteiger charge is -2.25. The van der Waals surface area contributed by atoms with Crippen LogP contribution in [0.4, 0.5) is 0 Å². The number of thiazole rings is 1. The highest BCUT2D eigenvalue weighted by Gasteiger charge is 2.34. The summed E-state index contributed by atoms with van der Waals surface area (Å²) in [5.74, 6) is -0.497. The number of esters is 3. The van der Waals surface area contributed by atoms with Crippen molar-refractivity contribution in [3.05, 3.63) is 78.5 Å². The summed E-state index contributed by atoms with van der Waals surface area (Å²) in [6.07, 6.45) is 1.67. The van der Waals surface area contributed by atoms with Gasteiger partial charge in [-0.05, 0) is 62.2 Å². The molecule has 1 atom stereocenters. The number of ether oxygens (including phenoxy) is 6. The maximum atomic E-state index is 14.0. The summed E-state index contributed by atoms with van der Waals surface area (Å²) in [6.45, 7) is 6.55. The van der Waals surface area contributed by atoms with Crippen LogP contribution in [0.3, 0.4) is 0 Å². The number of methoxy groups -OCH3 is 2. The van der Waals surface area contributed by atoms with Gasteiger partial charge in [-0.3, -0.25) is 14.2 Å². The maximum absolute atomic E-state index is 14.0. The summed E-state index contributed by atoms with van der Waals surface area (Å²) in [4.78, 5) is 55.3. The van der Waals surface area contributed by atoms with Crippen molar-refractivity contribution in [3.8, 4) is 23.0 Å². The van der Waals surface area contributed by atoms with Gasteiger partial charge in [0.25, 0.3) is 5.56 Å². The van der Waals surface area contributed by atoms with Crippen molar-refractivity contribution >= 4 is 35.3 Å². The van der Waals surface area contributed by atoms with Crippen molar-refractivity contribution in [2.24, 2.45) is 4.99 Å². The topological polar surface area (TPSA) is 141 Å². The largest absolute Gasteiger partial charge is 0.493 e. The molecule has 0 bridgehead atoms. The van der Waals surface area contributed by atoms with Crippen LogP contribution in [0.5, 0.6) is 23.0 Å². The monoisotopic (exact) mass is 624 g/mol. The standard InChI is InChI=1S/C31H32N2O10S/c1-7-40-24-15-20(10-12-21(24)42-16-26(35)39-6)28-27(30(37)41-8-2)17(3)32-31-33(28)29(36)25(44-31)14-19-9-11-22(43-18(4)34)23(13-19)38-5/h9-15,28H,7-8,16H2,1-6H3/b25-14-/t28-/m1/s1. The van der Waals surface area contributed by atoms with Crippen molar-refractivity contribution in [2.75, 3.05) is 34.0 Å². The molecule has 0 aliphatic carbocycles. The lowest BCUT2D eigenvalue weighted by Crippen LogP contribution is -2.40. The molecule has 232 valence electrons. The van der Waals surface area contributed by atoms with Crippen LogP contribution in [-0.2, 0) is 23.9 Å². The van der Waals surface area contributed by atoms with E-state index in [4.69, 9.17) is 23.7 Å². The first-order chi connectivity index (χ1) is 21.1. The van der Waals surface area contributed by atoms with Gasteiger partial charge >= 0.3 is 17.9 Å². The second-order valence-corrected chi connectivity index (χ2v) is 10.3. The summed E-state index contributed by atoms with van der Waals surface area (Å²) in [5, 5.41) is 0. The number of carbonyl (C=O) groups is 3. The molecule has 2 heterocycles. The maximum Gasteiger partial charge on any atom is 0.343 e. The number of allylic oxidation sites excluding steroid dienone is 1. The molecule has 2 aromatic carbocycles. The number of fused-ring (bicyclic) bond motifs is 1. The fraction of sp³-hybridized carbons (Fsp3) is 0.323. The molecule has 1 aromatic heterocycles. The fourth-order valence-electron chi connectivity index (χ4n) is 4.55. The lowest BCUT2D eigenvalue weighted by atomic mass is 9.95. The van der Waals surface area contributed by atoms with Crippen molar-refractivity contribution < 1.29 is 42.8 Å². The normalized spacial score (nSPS) is 14.3. The van der Waals surface area contributed by atoms with Gasteiger partial charge in [0.1, 0.15) is 0 Å². The van der Waals surface area contributed by atoms with E-state index < -0.39 is 23.9 Å². The van der Waals surface area contributed by atoms with Crippen LogP contribution in [0.15, 0.2) is 57.5 Å². The molecule has 1 aliphatic rings. The van der Waals surface area contributed by atoms with E-state index in [9.17, 15) is 19.2 Å². The Morgan fingerprint density at radius 2 is 1.73 bits per heavy atom. The van der Waals surface area contributed by atoms with E-state index in [-0.39, 0.29) is 35.8 Å². The van der Waals surface area contributed by atoms with Crippen molar-refractivity contribution in [3.63, 3.8) is 0 Å². The first-order valence-corrected chi connectivity index (χ1v) is 14.5. The molecule has 0 unspecified atom stereocenters. The van der Waals surface area contributed by atoms with Crippen LogP contribution in [-0.4, -0.2) is 56.5 Å². The Morgan fingerprint density at radius 1 is 0.977 bits per heavy atom. The predicted molar refractivity (Wildman–Crippen MR) is 160 cm³/mol. The van der Waals surface area contributed by atoms with Crippen molar-refractivity contribution in [2.45, 2.75) is 33.7 Å². The van der Waals surface area contributed by atoms with E-state index in [0.29, 0.717) is 44.3 Å². The molecule has 0 N–H and O–H groups in total. The van der Waals surface area contributed by atoms with Crippen LogP contribution in [0.25, 0.3) is 6.08 Å². The fourth-order valence-corrected chi connectivity index (χ4v) is 5.60. The summed E-state index contributed by atoms with van der Waals surface area (Å²) in [6, 6.07) is 8.96. The summed E-state index contributed by atoms with van der Waals surface area (Å²) < 4.78 is 33.8. The average Bonchev–Trinajstić information content (AvgIpc) is 3.29. The molecule has 0 saturated carbocycles. The number of aromatic nitrogens is 1. The number of hydrogen-bond donors (Lipinski definition) is 0. The minimum Gasteiger partial charge on any atom is -0.493 e. The van der Waals surface area contributed by atoms with Crippen molar-refractivity contribution in [1.82, 2.24) is 4.57 Å². The van der Waals surface area contributed by atoms with Crippen molar-refractivity contribution in [1.29, 1.82) is 0 Å². The Balaban J connectivity index is 1.88. The third kappa shape index (κ3) is 6.83. The van der Waals surface area contributed by atoms with Crippen LogP contribution in [0, 0.1) is 0 Å². The highest BCUT2D eigenvalue weighted by atomic mass is 32.1. The highest BCUT2D eigenvalue weighted by molar-refractivity contribution is 7.07. The molecule has 0 amide bonds. The Labute approximate surface area is 256 Å². The average molecular weight is 625 g/mol. The first-order valence-electron chi connectivity index (χ1n) is 13.6. The Morgan fingerprint density at radius 3 is 2.39 bits per heavy atom. The number of rotatable bonds is 11. The number of nitrogens with zero attached hydrogens (tertiary/aromatic N) is 2. The number of hydrogen-bond acceptors (Lipinski definition) is 12. The summed E-state index contributed by atoms with van der Waals surface area (Å²) in [7, 11) is 2.70. The molecule has 44 heavy (non-hydrogen) atoms. The molecule has 4 rings (SSSR count). The SMILES string of the molecule is CCOC(=O)C1=C(C)N=c2s/c(=C\c3ccc(OC(C)=O)c(OC)c3)c(=O)n2[C@@H]1c1ccc(OCC(=O)OC)c(OCC)c1. The second kappa shape index (κ2) is 14.0. The number of carbonyl (C=O) groups excluding carboxylic acids is 3. The molecule has 0 saturated heterocycles. The van der Waals surface area contributed by atoms with E-state index in [0.717, 1.165) is 11.3 Å². The van der Waals surface area contributed by atoms with Crippen LogP contribution in [0.1, 0.15) is 44.9 Å². The molecule has 0 radical (unpaired) electrons. The van der Waals surface area contributed by atoms with Gasteiger partial charge in [0.15, 0.2) is 34.4 Å². The second-order valence-electron chi connectivity index (χ2n) is 9.31. The molecule has 0 fully saturated rings. The van der Waals surface area contributed by atoms with Gasteiger partial charge in [-0.2, -0.15) is 0 Å². The molecule has 1 aliphatic heterocycles. The van der Waals surface area contributed by atoms with Crippen LogP contribution < -0.4 is 33.8 Å². The van der Waals surface area contributed by atoms with Gasteiger partial charge in [-0.15, -0.1) is 0 Å². The zero-order chi connectivity index (χ0) is 32.0. The van der Waals surface area contributed by atoms with Gasteiger partial charge < -0.3 is 28.4 Å². The van der Waals surface area contributed by atoms with E-state index in [2.05, 4.69) is 9.73 Å². The first kappa shape index (κ1) is 32.0. The Hall–Kier alpha value is -4.91. The van der Waals surface area contributed by atoms with E-state index in [1.165, 1.54) is 25.7 Å². The van der Waals surface area contributed by atoms with Gasteiger partial charge in [0.05, 0.1) is 49.3 Å².